The fourth-order valence-electron chi connectivity index (χ4n) is 4.87. The summed E-state index contributed by atoms with van der Waals surface area (Å²) in [6, 6.07) is 16.2. The standard InChI is InChI=1S/C23H26N4O2S/c1-26-21(13-20(25-26)22-8-5-11-30-22)19-14-27-10-9-16(19)12-18(27)15-29-23(28)24-17-6-3-2-4-7-17/h2-8,11,13,16,18-19H,9-10,12,14-15H2,1H3,(H,24,28)/t16-,18+,19+/m0/s1. The molecule has 2 bridgehead atoms. The van der Waals surface area contributed by atoms with Crippen molar-refractivity contribution in [2.75, 3.05) is 25.0 Å². The monoisotopic (exact) mass is 422 g/mol. The van der Waals surface area contributed by atoms with Gasteiger partial charge in [0.05, 0.1) is 4.88 Å². The maximum absolute atomic E-state index is 12.1. The van der Waals surface area contributed by atoms with Crippen molar-refractivity contribution in [3.63, 3.8) is 0 Å². The number of carbonyl (C=O) groups excluding carboxylic acids is 1. The number of nitrogens with zero attached hydrogens (tertiary/aromatic N) is 3. The van der Waals surface area contributed by atoms with Crippen molar-refractivity contribution in [1.29, 1.82) is 0 Å². The van der Waals surface area contributed by atoms with Gasteiger partial charge in [-0.25, -0.2) is 4.79 Å². The number of hydrogen-bond acceptors (Lipinski definition) is 5. The van der Waals surface area contributed by atoms with Gasteiger partial charge in [-0.2, -0.15) is 5.10 Å². The molecular weight excluding hydrogens is 396 g/mol. The van der Waals surface area contributed by atoms with Crippen molar-refractivity contribution in [2.45, 2.75) is 24.8 Å². The molecule has 0 spiro atoms. The second-order valence-electron chi connectivity index (χ2n) is 8.18. The molecule has 0 aliphatic carbocycles. The molecule has 6 rings (SSSR count). The molecule has 1 unspecified atom stereocenters. The van der Waals surface area contributed by atoms with Crippen molar-refractivity contribution < 1.29 is 9.53 Å². The number of para-hydroxylation sites is 1. The second-order valence-corrected chi connectivity index (χ2v) is 9.13. The number of thiophene rings is 1. The lowest BCUT2D eigenvalue weighted by molar-refractivity contribution is -0.00222. The van der Waals surface area contributed by atoms with Crippen molar-refractivity contribution in [2.24, 2.45) is 13.0 Å². The average molecular weight is 423 g/mol. The minimum absolute atomic E-state index is 0.298. The minimum Gasteiger partial charge on any atom is -0.448 e. The summed E-state index contributed by atoms with van der Waals surface area (Å²) in [5.74, 6) is 1.09. The van der Waals surface area contributed by atoms with Crippen LogP contribution in [0.1, 0.15) is 24.5 Å². The fraction of sp³-hybridized carbons (Fsp3) is 0.391. The number of nitrogens with one attached hydrogen (secondary N) is 1. The third kappa shape index (κ3) is 3.87. The van der Waals surface area contributed by atoms with Gasteiger partial charge in [-0.15, -0.1) is 11.3 Å². The van der Waals surface area contributed by atoms with E-state index in [0.717, 1.165) is 30.9 Å². The molecule has 3 aliphatic rings. The van der Waals surface area contributed by atoms with Crippen molar-refractivity contribution in [3.05, 3.63) is 59.6 Å². The lowest BCUT2D eigenvalue weighted by Crippen LogP contribution is -2.54. The Morgan fingerprint density at radius 2 is 2.13 bits per heavy atom. The first-order valence-electron chi connectivity index (χ1n) is 10.5. The van der Waals surface area contributed by atoms with Crippen LogP contribution in [-0.2, 0) is 11.8 Å². The van der Waals surface area contributed by atoms with Gasteiger partial charge in [-0.1, -0.05) is 24.3 Å². The number of aromatic nitrogens is 2. The summed E-state index contributed by atoms with van der Waals surface area (Å²) < 4.78 is 7.60. The number of carbonyl (C=O) groups is 1. The molecule has 2 aromatic heterocycles. The van der Waals surface area contributed by atoms with Gasteiger partial charge in [0.2, 0.25) is 0 Å². The maximum atomic E-state index is 12.1. The van der Waals surface area contributed by atoms with Gasteiger partial charge in [0.25, 0.3) is 0 Å². The van der Waals surface area contributed by atoms with E-state index in [1.165, 1.54) is 17.0 Å². The van der Waals surface area contributed by atoms with Gasteiger partial charge in [-0.05, 0) is 54.9 Å². The Balaban J connectivity index is 1.21. The molecule has 4 atom stereocenters. The van der Waals surface area contributed by atoms with Crippen molar-refractivity contribution in [3.8, 4) is 10.6 Å². The molecule has 0 saturated carbocycles. The quantitative estimate of drug-likeness (QED) is 0.654. The fourth-order valence-corrected chi connectivity index (χ4v) is 5.55. The number of hydrogen-bond donors (Lipinski definition) is 1. The van der Waals surface area contributed by atoms with E-state index in [2.05, 4.69) is 45.5 Å². The highest BCUT2D eigenvalue weighted by molar-refractivity contribution is 7.13. The van der Waals surface area contributed by atoms with Crippen molar-refractivity contribution in [1.82, 2.24) is 14.7 Å². The number of aryl methyl sites for hydroxylation is 1. The predicted molar refractivity (Wildman–Crippen MR) is 119 cm³/mol. The molecule has 1 N–H and O–H groups in total. The summed E-state index contributed by atoms with van der Waals surface area (Å²) >= 11 is 1.73. The third-order valence-corrected chi connectivity index (χ3v) is 7.27. The summed E-state index contributed by atoms with van der Waals surface area (Å²) in [7, 11) is 2.05. The zero-order valence-corrected chi connectivity index (χ0v) is 17.8. The van der Waals surface area contributed by atoms with Gasteiger partial charge in [0, 0.05) is 36.9 Å². The highest BCUT2D eigenvalue weighted by Gasteiger charge is 2.42. The molecule has 5 heterocycles. The van der Waals surface area contributed by atoms with Crippen LogP contribution in [0.5, 0.6) is 0 Å². The molecule has 1 amide bonds. The van der Waals surface area contributed by atoms with E-state index in [1.54, 1.807) is 11.3 Å². The summed E-state index contributed by atoms with van der Waals surface area (Å²) in [6.45, 7) is 2.52. The van der Waals surface area contributed by atoms with Gasteiger partial charge in [-0.3, -0.25) is 14.9 Å². The molecule has 3 fully saturated rings. The molecule has 6 nitrogen and oxygen atoms in total. The number of ether oxygens (including phenoxy) is 1. The maximum Gasteiger partial charge on any atom is 0.411 e. The summed E-state index contributed by atoms with van der Waals surface area (Å²) in [6.07, 6.45) is 1.87. The molecule has 3 aliphatic heterocycles. The van der Waals surface area contributed by atoms with Gasteiger partial charge < -0.3 is 4.74 Å². The molecule has 3 saturated heterocycles. The highest BCUT2D eigenvalue weighted by atomic mass is 32.1. The number of benzene rings is 1. The van der Waals surface area contributed by atoms with Crippen LogP contribution in [0.4, 0.5) is 10.5 Å². The third-order valence-electron chi connectivity index (χ3n) is 6.38. The first-order chi connectivity index (χ1) is 14.7. The molecule has 7 heteroatoms. The predicted octanol–water partition coefficient (Wildman–Crippen LogP) is 4.58. The molecule has 3 aromatic rings. The van der Waals surface area contributed by atoms with E-state index in [9.17, 15) is 4.79 Å². The molecule has 1 aromatic carbocycles. The number of rotatable bonds is 5. The van der Waals surface area contributed by atoms with Crippen LogP contribution in [0.15, 0.2) is 53.9 Å². The highest BCUT2D eigenvalue weighted by Crippen LogP contribution is 2.42. The largest absolute Gasteiger partial charge is 0.448 e. The Bertz CT molecular complexity index is 1000. The van der Waals surface area contributed by atoms with Crippen LogP contribution < -0.4 is 5.32 Å². The minimum atomic E-state index is -0.382. The van der Waals surface area contributed by atoms with Gasteiger partial charge in [0.15, 0.2) is 0 Å². The van der Waals surface area contributed by atoms with Crippen LogP contribution in [0.25, 0.3) is 10.6 Å². The number of fused-ring (bicyclic) bond motifs is 3. The average Bonchev–Trinajstić information content (AvgIpc) is 3.43. The summed E-state index contributed by atoms with van der Waals surface area (Å²) in [4.78, 5) is 15.8. The van der Waals surface area contributed by atoms with Crippen LogP contribution in [-0.4, -0.2) is 46.5 Å². The Morgan fingerprint density at radius 1 is 1.27 bits per heavy atom. The van der Waals surface area contributed by atoms with Crippen LogP contribution in [0.2, 0.25) is 0 Å². The summed E-state index contributed by atoms with van der Waals surface area (Å²) in [5.41, 5.74) is 3.14. The molecular formula is C23H26N4O2S. The second kappa shape index (κ2) is 8.24. The lowest BCUT2D eigenvalue weighted by Gasteiger charge is -2.49. The van der Waals surface area contributed by atoms with Crippen LogP contribution in [0, 0.1) is 5.92 Å². The zero-order chi connectivity index (χ0) is 20.5. The lowest BCUT2D eigenvalue weighted by atomic mass is 9.74. The summed E-state index contributed by atoms with van der Waals surface area (Å²) in [5, 5.41) is 9.65. The van der Waals surface area contributed by atoms with Gasteiger partial charge in [0.1, 0.15) is 12.3 Å². The van der Waals surface area contributed by atoms with E-state index in [-0.39, 0.29) is 6.09 Å². The normalized spacial score (nSPS) is 25.2. The Morgan fingerprint density at radius 3 is 2.87 bits per heavy atom. The van der Waals surface area contributed by atoms with Crippen LogP contribution in [0.3, 0.4) is 0 Å². The van der Waals surface area contributed by atoms with Gasteiger partial charge >= 0.3 is 6.09 Å². The Labute approximate surface area is 180 Å². The molecule has 156 valence electrons. The zero-order valence-electron chi connectivity index (χ0n) is 17.0. The Kier molecular flexibility index (Phi) is 5.31. The van der Waals surface area contributed by atoms with E-state index in [0.29, 0.717) is 24.5 Å². The van der Waals surface area contributed by atoms with E-state index < -0.39 is 0 Å². The van der Waals surface area contributed by atoms with E-state index >= 15 is 0 Å². The number of amides is 1. The molecule has 0 radical (unpaired) electrons. The first kappa shape index (κ1) is 19.3. The smallest absolute Gasteiger partial charge is 0.411 e. The van der Waals surface area contributed by atoms with Crippen molar-refractivity contribution >= 4 is 23.1 Å². The first-order valence-corrected chi connectivity index (χ1v) is 11.4. The SMILES string of the molecule is Cn1nc(-c2cccs2)cc1[C@@H]1CN2CC[C@H]1C[C@@H]2COC(=O)Nc1ccccc1. The Hall–Kier alpha value is -2.64. The topological polar surface area (TPSA) is 59.4 Å². The number of anilines is 1. The van der Waals surface area contributed by atoms with E-state index in [1.807, 2.05) is 30.3 Å². The van der Waals surface area contributed by atoms with E-state index in [4.69, 9.17) is 9.84 Å². The number of piperidine rings is 3. The van der Waals surface area contributed by atoms with Crippen LogP contribution >= 0.6 is 11.3 Å². The molecule has 30 heavy (non-hydrogen) atoms.